The molecule has 0 radical (unpaired) electrons. The Kier molecular flexibility index (Phi) is 6.59. The summed E-state index contributed by atoms with van der Waals surface area (Å²) in [7, 11) is 0. The third kappa shape index (κ3) is 5.13. The Morgan fingerprint density at radius 2 is 1.62 bits per heavy atom. The number of nitrogens with zero attached hydrogens (tertiary/aromatic N) is 1. The second-order valence-electron chi connectivity index (χ2n) is 4.11. The molecule has 1 aromatic rings. The van der Waals surface area contributed by atoms with E-state index in [4.69, 9.17) is 0 Å². The zero-order valence-electron chi connectivity index (χ0n) is 10.5. The summed E-state index contributed by atoms with van der Waals surface area (Å²) < 4.78 is 0. The fourth-order valence-electron chi connectivity index (χ4n) is 1.83. The zero-order chi connectivity index (χ0) is 11.6. The van der Waals surface area contributed by atoms with Crippen LogP contribution in [0.3, 0.4) is 0 Å². The van der Waals surface area contributed by atoms with E-state index in [2.05, 4.69) is 61.2 Å². The minimum absolute atomic E-state index is 1.07. The van der Waals surface area contributed by atoms with Gasteiger partial charge in [-0.05, 0) is 31.5 Å². The van der Waals surface area contributed by atoms with E-state index in [1.165, 1.54) is 31.5 Å². The van der Waals surface area contributed by atoms with Crippen LogP contribution in [0.5, 0.6) is 0 Å². The van der Waals surface area contributed by atoms with Crippen molar-refractivity contribution in [1.82, 2.24) is 4.90 Å². The number of benzene rings is 1. The average Bonchev–Trinajstić information content (AvgIpc) is 2.31. The standard InChI is InChI=1S/C15H23N/c1-3-12-16(13-4-2)14-8-11-15-9-6-5-7-10-15/h5-11H,3-4,12-14H2,1-2H3/b11-8+. The summed E-state index contributed by atoms with van der Waals surface area (Å²) in [5.41, 5.74) is 1.29. The maximum Gasteiger partial charge on any atom is 0.0166 e. The number of hydrogen-bond acceptors (Lipinski definition) is 1. The van der Waals surface area contributed by atoms with Crippen LogP contribution in [0.15, 0.2) is 36.4 Å². The molecule has 0 aliphatic carbocycles. The first-order chi connectivity index (χ1) is 7.86. The van der Waals surface area contributed by atoms with Gasteiger partial charge in [0, 0.05) is 6.54 Å². The van der Waals surface area contributed by atoms with Crippen LogP contribution in [-0.4, -0.2) is 24.5 Å². The molecule has 0 atom stereocenters. The Morgan fingerprint density at radius 3 is 2.19 bits per heavy atom. The molecule has 16 heavy (non-hydrogen) atoms. The SMILES string of the molecule is CCCN(C/C=C/c1ccccc1)CCC. The second kappa shape index (κ2) is 8.12. The fraction of sp³-hybridized carbons (Fsp3) is 0.467. The van der Waals surface area contributed by atoms with Gasteiger partial charge in [0.05, 0.1) is 0 Å². The summed E-state index contributed by atoms with van der Waals surface area (Å²) in [6, 6.07) is 10.5. The van der Waals surface area contributed by atoms with Crippen LogP contribution < -0.4 is 0 Å². The van der Waals surface area contributed by atoms with Gasteiger partial charge < -0.3 is 0 Å². The summed E-state index contributed by atoms with van der Waals surface area (Å²) in [6.45, 7) is 7.95. The van der Waals surface area contributed by atoms with Crippen molar-refractivity contribution in [3.63, 3.8) is 0 Å². The van der Waals surface area contributed by atoms with Gasteiger partial charge in [-0.2, -0.15) is 0 Å². The first kappa shape index (κ1) is 13.0. The molecule has 0 spiro atoms. The van der Waals surface area contributed by atoms with Gasteiger partial charge in [-0.15, -0.1) is 0 Å². The van der Waals surface area contributed by atoms with Crippen LogP contribution >= 0.6 is 0 Å². The quantitative estimate of drug-likeness (QED) is 0.671. The molecule has 0 unspecified atom stereocenters. The second-order valence-corrected chi connectivity index (χ2v) is 4.11. The van der Waals surface area contributed by atoms with Gasteiger partial charge in [-0.25, -0.2) is 0 Å². The summed E-state index contributed by atoms with van der Waals surface area (Å²) in [6.07, 6.45) is 6.94. The van der Waals surface area contributed by atoms with Crippen molar-refractivity contribution >= 4 is 6.08 Å². The molecule has 0 fully saturated rings. The minimum Gasteiger partial charge on any atom is -0.300 e. The zero-order valence-corrected chi connectivity index (χ0v) is 10.5. The van der Waals surface area contributed by atoms with Gasteiger partial charge >= 0.3 is 0 Å². The van der Waals surface area contributed by atoms with Crippen molar-refractivity contribution in [3.8, 4) is 0 Å². The van der Waals surface area contributed by atoms with Crippen molar-refractivity contribution in [2.24, 2.45) is 0 Å². The van der Waals surface area contributed by atoms with Crippen LogP contribution in [0.25, 0.3) is 6.08 Å². The van der Waals surface area contributed by atoms with Crippen molar-refractivity contribution in [3.05, 3.63) is 42.0 Å². The highest BCUT2D eigenvalue weighted by atomic mass is 15.1. The lowest BCUT2D eigenvalue weighted by Gasteiger charge is -2.18. The van der Waals surface area contributed by atoms with Crippen molar-refractivity contribution < 1.29 is 0 Å². The lowest BCUT2D eigenvalue weighted by Crippen LogP contribution is -2.25. The van der Waals surface area contributed by atoms with Gasteiger partial charge in [0.2, 0.25) is 0 Å². The van der Waals surface area contributed by atoms with E-state index in [1.807, 2.05) is 0 Å². The highest BCUT2D eigenvalue weighted by Crippen LogP contribution is 2.02. The molecule has 0 aliphatic heterocycles. The van der Waals surface area contributed by atoms with Crippen LogP contribution in [0.2, 0.25) is 0 Å². The van der Waals surface area contributed by atoms with E-state index < -0.39 is 0 Å². The predicted octanol–water partition coefficient (Wildman–Crippen LogP) is 3.82. The van der Waals surface area contributed by atoms with Crippen LogP contribution in [-0.2, 0) is 0 Å². The lowest BCUT2D eigenvalue weighted by atomic mass is 10.2. The summed E-state index contributed by atoms with van der Waals surface area (Å²) >= 11 is 0. The molecule has 1 rings (SSSR count). The lowest BCUT2D eigenvalue weighted by molar-refractivity contribution is 0.304. The number of rotatable bonds is 7. The molecule has 0 aromatic heterocycles. The monoisotopic (exact) mass is 217 g/mol. The Balaban J connectivity index is 2.39. The van der Waals surface area contributed by atoms with Gasteiger partial charge in [-0.1, -0.05) is 56.3 Å². The molecule has 0 bridgehead atoms. The molecule has 88 valence electrons. The molecule has 0 heterocycles. The first-order valence-corrected chi connectivity index (χ1v) is 6.30. The molecule has 0 N–H and O–H groups in total. The van der Waals surface area contributed by atoms with E-state index >= 15 is 0 Å². The Bertz CT molecular complexity index is 284. The van der Waals surface area contributed by atoms with E-state index in [9.17, 15) is 0 Å². The topological polar surface area (TPSA) is 3.24 Å². The Labute approximate surface area is 99.8 Å². The smallest absolute Gasteiger partial charge is 0.0166 e. The highest BCUT2D eigenvalue weighted by molar-refractivity contribution is 5.48. The normalized spacial score (nSPS) is 11.4. The molecule has 0 aliphatic rings. The highest BCUT2D eigenvalue weighted by Gasteiger charge is 1.98. The minimum atomic E-state index is 1.07. The molecular formula is C15H23N. The third-order valence-corrected chi connectivity index (χ3v) is 2.55. The number of hydrogen-bond donors (Lipinski definition) is 0. The van der Waals surface area contributed by atoms with Gasteiger partial charge in [0.15, 0.2) is 0 Å². The predicted molar refractivity (Wildman–Crippen MR) is 72.5 cm³/mol. The van der Waals surface area contributed by atoms with Gasteiger partial charge in [-0.3, -0.25) is 4.90 Å². The van der Waals surface area contributed by atoms with E-state index in [0.29, 0.717) is 0 Å². The van der Waals surface area contributed by atoms with Crippen LogP contribution in [0.4, 0.5) is 0 Å². The van der Waals surface area contributed by atoms with Crippen LogP contribution in [0.1, 0.15) is 32.3 Å². The van der Waals surface area contributed by atoms with Gasteiger partial charge in [0.1, 0.15) is 0 Å². The molecule has 1 nitrogen and oxygen atoms in total. The largest absolute Gasteiger partial charge is 0.300 e. The fourth-order valence-corrected chi connectivity index (χ4v) is 1.83. The Hall–Kier alpha value is -1.08. The van der Waals surface area contributed by atoms with E-state index in [1.54, 1.807) is 0 Å². The van der Waals surface area contributed by atoms with Crippen molar-refractivity contribution in [1.29, 1.82) is 0 Å². The molecule has 0 saturated carbocycles. The van der Waals surface area contributed by atoms with E-state index in [-0.39, 0.29) is 0 Å². The summed E-state index contributed by atoms with van der Waals surface area (Å²) in [4.78, 5) is 2.50. The van der Waals surface area contributed by atoms with E-state index in [0.717, 1.165) is 6.54 Å². The first-order valence-electron chi connectivity index (χ1n) is 6.30. The van der Waals surface area contributed by atoms with Crippen molar-refractivity contribution in [2.75, 3.05) is 19.6 Å². The molecule has 0 saturated heterocycles. The molecule has 1 heteroatoms. The molecule has 0 amide bonds. The Morgan fingerprint density at radius 1 is 1.00 bits per heavy atom. The molecular weight excluding hydrogens is 194 g/mol. The maximum absolute atomic E-state index is 2.50. The third-order valence-electron chi connectivity index (χ3n) is 2.55. The molecule has 1 aromatic carbocycles. The van der Waals surface area contributed by atoms with Crippen molar-refractivity contribution in [2.45, 2.75) is 26.7 Å². The maximum atomic E-state index is 2.50. The average molecular weight is 217 g/mol. The van der Waals surface area contributed by atoms with Gasteiger partial charge in [0.25, 0.3) is 0 Å². The summed E-state index contributed by atoms with van der Waals surface area (Å²) in [5.74, 6) is 0. The summed E-state index contributed by atoms with van der Waals surface area (Å²) in [5, 5.41) is 0. The van der Waals surface area contributed by atoms with Crippen LogP contribution in [0, 0.1) is 0 Å².